The number of ether oxygens (including phenoxy) is 1. The van der Waals surface area contributed by atoms with Crippen LogP contribution in [0.15, 0.2) is 0 Å². The maximum absolute atomic E-state index is 11.7. The van der Waals surface area contributed by atoms with Crippen molar-refractivity contribution in [2.75, 3.05) is 13.2 Å². The predicted octanol–water partition coefficient (Wildman–Crippen LogP) is 1.53. The van der Waals surface area contributed by atoms with Crippen LogP contribution in [0.5, 0.6) is 0 Å². The maximum atomic E-state index is 11.7. The topological polar surface area (TPSA) is 46.6 Å². The van der Waals surface area contributed by atoms with Gasteiger partial charge in [-0.05, 0) is 26.3 Å². The summed E-state index contributed by atoms with van der Waals surface area (Å²) >= 11 is 0. The molecule has 2 heterocycles. The summed E-state index contributed by atoms with van der Waals surface area (Å²) in [5, 5.41) is 0. The third-order valence-electron chi connectivity index (χ3n) is 3.75. The molecule has 2 saturated heterocycles. The lowest BCUT2D eigenvalue weighted by atomic mass is 10.0. The molecule has 2 fully saturated rings. The molecule has 0 saturated carbocycles. The van der Waals surface area contributed by atoms with Crippen molar-refractivity contribution in [3.8, 4) is 0 Å². The summed E-state index contributed by atoms with van der Waals surface area (Å²) in [4.78, 5) is 25.2. The average molecular weight is 239 g/mol. The molecule has 2 atom stereocenters. The van der Waals surface area contributed by atoms with Gasteiger partial charge in [-0.1, -0.05) is 12.8 Å². The second-order valence-electron chi connectivity index (χ2n) is 5.12. The second kappa shape index (κ2) is 5.63. The van der Waals surface area contributed by atoms with Crippen molar-refractivity contribution in [3.05, 3.63) is 0 Å². The summed E-state index contributed by atoms with van der Waals surface area (Å²) in [6.07, 6.45) is 5.88. The third-order valence-corrected chi connectivity index (χ3v) is 3.75. The van der Waals surface area contributed by atoms with Crippen molar-refractivity contribution in [2.24, 2.45) is 0 Å². The van der Waals surface area contributed by atoms with E-state index in [0.29, 0.717) is 13.0 Å². The smallest absolute Gasteiger partial charge is 0.323 e. The molecule has 2 unspecified atom stereocenters. The summed E-state index contributed by atoms with van der Waals surface area (Å²) in [7, 11) is 0. The van der Waals surface area contributed by atoms with Gasteiger partial charge in [0.05, 0.1) is 6.61 Å². The Bertz CT molecular complexity index is 303. The van der Waals surface area contributed by atoms with Gasteiger partial charge in [-0.3, -0.25) is 14.5 Å². The number of carbonyl (C=O) groups is 2. The number of rotatable bonds is 3. The molecule has 17 heavy (non-hydrogen) atoms. The van der Waals surface area contributed by atoms with Crippen LogP contribution in [0.3, 0.4) is 0 Å². The van der Waals surface area contributed by atoms with Gasteiger partial charge in [-0.15, -0.1) is 0 Å². The Kier molecular flexibility index (Phi) is 4.15. The molecule has 0 bridgehead atoms. The largest absolute Gasteiger partial charge is 0.464 e. The minimum Gasteiger partial charge on any atom is -0.464 e. The molecule has 4 nitrogen and oxygen atoms in total. The van der Waals surface area contributed by atoms with Crippen LogP contribution in [0, 0.1) is 0 Å². The molecule has 0 N–H and O–H groups in total. The van der Waals surface area contributed by atoms with E-state index in [2.05, 4.69) is 4.90 Å². The number of esters is 1. The molecule has 0 aromatic carbocycles. The molecule has 2 aliphatic heterocycles. The van der Waals surface area contributed by atoms with Crippen LogP contribution < -0.4 is 0 Å². The highest BCUT2D eigenvalue weighted by Crippen LogP contribution is 2.25. The van der Waals surface area contributed by atoms with E-state index in [4.69, 9.17) is 4.74 Å². The molecule has 2 rings (SSSR count). The number of hydrogen-bond donors (Lipinski definition) is 0. The van der Waals surface area contributed by atoms with Crippen molar-refractivity contribution >= 4 is 11.8 Å². The first-order chi connectivity index (χ1) is 8.18. The number of nitrogens with zero attached hydrogens (tertiary/aromatic N) is 1. The Hall–Kier alpha value is -0.900. The molecule has 96 valence electrons. The van der Waals surface area contributed by atoms with Crippen LogP contribution in [0.2, 0.25) is 0 Å². The quantitative estimate of drug-likeness (QED) is 0.701. The van der Waals surface area contributed by atoms with Crippen molar-refractivity contribution in [1.82, 2.24) is 4.90 Å². The van der Waals surface area contributed by atoms with E-state index in [1.165, 1.54) is 6.42 Å². The highest BCUT2D eigenvalue weighted by Gasteiger charge is 2.36. The summed E-state index contributed by atoms with van der Waals surface area (Å²) in [6.45, 7) is 3.10. The van der Waals surface area contributed by atoms with Gasteiger partial charge in [-0.2, -0.15) is 0 Å². The van der Waals surface area contributed by atoms with Gasteiger partial charge in [0.25, 0.3) is 0 Å². The van der Waals surface area contributed by atoms with Crippen LogP contribution >= 0.6 is 0 Å². The van der Waals surface area contributed by atoms with Crippen LogP contribution in [0.25, 0.3) is 0 Å². The lowest BCUT2D eigenvalue weighted by Gasteiger charge is -2.32. The average Bonchev–Trinajstić information content (AvgIpc) is 2.56. The summed E-state index contributed by atoms with van der Waals surface area (Å²) in [5.41, 5.74) is 0. The molecule has 0 aromatic rings. The van der Waals surface area contributed by atoms with E-state index in [0.717, 1.165) is 32.2 Å². The summed E-state index contributed by atoms with van der Waals surface area (Å²) < 4.78 is 5.05. The van der Waals surface area contributed by atoms with Gasteiger partial charge < -0.3 is 4.74 Å². The van der Waals surface area contributed by atoms with Crippen LogP contribution in [0.1, 0.15) is 45.4 Å². The standard InChI is InChI=1S/C13H21NO3/c1-10(15)9-11-5-3-2-4-7-14(11)12-6-8-17-13(12)16/h11-12H,2-9H2,1H3. The van der Waals surface area contributed by atoms with E-state index < -0.39 is 0 Å². The first-order valence-corrected chi connectivity index (χ1v) is 6.60. The maximum Gasteiger partial charge on any atom is 0.323 e. The number of likely N-dealkylation sites (tertiary alicyclic amines) is 1. The van der Waals surface area contributed by atoms with E-state index in [9.17, 15) is 9.59 Å². The molecule has 0 spiro atoms. The molecular weight excluding hydrogens is 218 g/mol. The number of Topliss-reactive ketones (excluding diaryl/α,β-unsaturated/α-hetero) is 1. The summed E-state index contributed by atoms with van der Waals surface area (Å²) in [5.74, 6) is 0.119. The van der Waals surface area contributed by atoms with Gasteiger partial charge in [0.15, 0.2) is 0 Å². The van der Waals surface area contributed by atoms with Crippen LogP contribution in [-0.4, -0.2) is 41.9 Å². The van der Waals surface area contributed by atoms with E-state index in [1.807, 2.05) is 0 Å². The number of cyclic esters (lactones) is 1. The first kappa shape index (κ1) is 12.6. The second-order valence-corrected chi connectivity index (χ2v) is 5.12. The Morgan fingerprint density at radius 1 is 1.35 bits per heavy atom. The normalized spacial score (nSPS) is 31.0. The Morgan fingerprint density at radius 3 is 2.82 bits per heavy atom. The fourth-order valence-corrected chi connectivity index (χ4v) is 2.95. The number of ketones is 1. The van der Waals surface area contributed by atoms with Crippen molar-refractivity contribution in [2.45, 2.75) is 57.5 Å². The highest BCUT2D eigenvalue weighted by molar-refractivity contribution is 5.78. The van der Waals surface area contributed by atoms with Gasteiger partial charge in [0.1, 0.15) is 11.8 Å². The lowest BCUT2D eigenvalue weighted by Crippen LogP contribution is -2.46. The van der Waals surface area contributed by atoms with Crippen LogP contribution in [0.4, 0.5) is 0 Å². The molecule has 4 heteroatoms. The minimum absolute atomic E-state index is 0.0968. The van der Waals surface area contributed by atoms with Gasteiger partial charge >= 0.3 is 5.97 Å². The number of hydrogen-bond acceptors (Lipinski definition) is 4. The van der Waals surface area contributed by atoms with E-state index >= 15 is 0 Å². The zero-order valence-electron chi connectivity index (χ0n) is 10.5. The molecule has 0 aromatic heterocycles. The highest BCUT2D eigenvalue weighted by atomic mass is 16.5. The first-order valence-electron chi connectivity index (χ1n) is 6.60. The van der Waals surface area contributed by atoms with E-state index in [-0.39, 0.29) is 23.8 Å². The van der Waals surface area contributed by atoms with Gasteiger partial charge in [0, 0.05) is 18.9 Å². The predicted molar refractivity (Wildman–Crippen MR) is 63.6 cm³/mol. The van der Waals surface area contributed by atoms with Gasteiger partial charge in [-0.25, -0.2) is 0 Å². The van der Waals surface area contributed by atoms with E-state index in [1.54, 1.807) is 6.92 Å². The molecule has 2 aliphatic rings. The Labute approximate surface area is 102 Å². The Balaban J connectivity index is 2.07. The monoisotopic (exact) mass is 239 g/mol. The Morgan fingerprint density at radius 2 is 2.18 bits per heavy atom. The zero-order valence-corrected chi connectivity index (χ0v) is 10.5. The molecule has 0 aliphatic carbocycles. The SMILES string of the molecule is CC(=O)CC1CCCCCN1C1CCOC1=O. The zero-order chi connectivity index (χ0) is 12.3. The summed E-state index contributed by atoms with van der Waals surface area (Å²) in [6, 6.07) is 0.142. The van der Waals surface area contributed by atoms with Crippen molar-refractivity contribution < 1.29 is 14.3 Å². The number of carbonyl (C=O) groups excluding carboxylic acids is 2. The van der Waals surface area contributed by atoms with Crippen molar-refractivity contribution in [1.29, 1.82) is 0 Å². The van der Waals surface area contributed by atoms with Gasteiger partial charge in [0.2, 0.25) is 0 Å². The van der Waals surface area contributed by atoms with Crippen LogP contribution in [-0.2, 0) is 14.3 Å². The van der Waals surface area contributed by atoms with Crippen molar-refractivity contribution in [3.63, 3.8) is 0 Å². The molecule has 0 amide bonds. The minimum atomic E-state index is -0.0996. The molecule has 0 radical (unpaired) electrons. The fraction of sp³-hybridized carbons (Fsp3) is 0.846. The third kappa shape index (κ3) is 3.06. The fourth-order valence-electron chi connectivity index (χ4n) is 2.95. The molecular formula is C13H21NO3. The lowest BCUT2D eigenvalue weighted by molar-refractivity contribution is -0.143.